The zero-order valence-electron chi connectivity index (χ0n) is 12.0. The van der Waals surface area contributed by atoms with Gasteiger partial charge in [-0.3, -0.25) is 4.79 Å². The monoisotopic (exact) mass is 316 g/mol. The summed E-state index contributed by atoms with van der Waals surface area (Å²) < 4.78 is 12.8. The first-order valence-corrected chi connectivity index (χ1v) is 6.90. The van der Waals surface area contributed by atoms with Crippen LogP contribution in [0.1, 0.15) is 24.8 Å². The number of carbonyl (C=O) groups excluding carboxylic acids is 1. The average Bonchev–Trinajstić information content (AvgIpc) is 2.43. The largest absolute Gasteiger partial charge is 0.391 e. The minimum absolute atomic E-state index is 0. The molecule has 0 radical (unpaired) electrons. The number of aliphatic hydroxyl groups excluding tert-OH is 1. The van der Waals surface area contributed by atoms with Gasteiger partial charge in [0.05, 0.1) is 6.10 Å². The summed E-state index contributed by atoms with van der Waals surface area (Å²) in [5.74, 6) is -0.442. The molecular formula is C15H22ClFN2O2. The number of amides is 1. The Morgan fingerprint density at radius 2 is 2.00 bits per heavy atom. The standard InChI is InChI=1S/C15H21FN2O2.ClH/c1-18(9-10-2-5-12(16)6-3-10)15(20)11-4-7-13(17)14(19)8-11;/h2-3,5-6,11,13-14,19H,4,7-9,17H2,1H3;1H/t11-,13-,14-;/m0./s1. The maximum atomic E-state index is 12.8. The number of halogens is 2. The van der Waals surface area contributed by atoms with Crippen LogP contribution in [-0.4, -0.2) is 35.1 Å². The second-order valence-electron chi connectivity index (χ2n) is 5.56. The normalized spacial score (nSPS) is 25.0. The van der Waals surface area contributed by atoms with Crippen LogP contribution in [-0.2, 0) is 11.3 Å². The predicted octanol–water partition coefficient (Wildman–Crippen LogP) is 1.69. The lowest BCUT2D eigenvalue weighted by Crippen LogP contribution is -2.44. The fourth-order valence-corrected chi connectivity index (χ4v) is 2.65. The van der Waals surface area contributed by atoms with E-state index in [1.165, 1.54) is 12.1 Å². The fourth-order valence-electron chi connectivity index (χ4n) is 2.65. The Morgan fingerprint density at radius 3 is 2.57 bits per heavy atom. The van der Waals surface area contributed by atoms with Gasteiger partial charge in [0.1, 0.15) is 5.82 Å². The number of aliphatic hydroxyl groups is 1. The van der Waals surface area contributed by atoms with Gasteiger partial charge in [-0.1, -0.05) is 12.1 Å². The first kappa shape index (κ1) is 17.9. The Kier molecular flexibility index (Phi) is 6.58. The molecule has 3 N–H and O–H groups in total. The molecule has 1 aromatic carbocycles. The third kappa shape index (κ3) is 4.66. The van der Waals surface area contributed by atoms with Crippen molar-refractivity contribution in [2.45, 2.75) is 38.0 Å². The maximum absolute atomic E-state index is 12.8. The van der Waals surface area contributed by atoms with Gasteiger partial charge in [-0.2, -0.15) is 0 Å². The number of benzene rings is 1. The Bertz CT molecular complexity index is 469. The Hall–Kier alpha value is -1.17. The van der Waals surface area contributed by atoms with Crippen LogP contribution in [0.3, 0.4) is 0 Å². The Labute approximate surface area is 130 Å². The van der Waals surface area contributed by atoms with Gasteiger partial charge in [0.2, 0.25) is 5.91 Å². The van der Waals surface area contributed by atoms with Crippen LogP contribution in [0.4, 0.5) is 4.39 Å². The molecule has 0 aliphatic heterocycles. The van der Waals surface area contributed by atoms with Gasteiger partial charge in [0.25, 0.3) is 0 Å². The first-order valence-electron chi connectivity index (χ1n) is 6.90. The molecule has 0 unspecified atom stereocenters. The molecule has 1 aliphatic rings. The molecular weight excluding hydrogens is 295 g/mol. The van der Waals surface area contributed by atoms with E-state index in [0.717, 1.165) is 5.56 Å². The third-order valence-corrected chi connectivity index (χ3v) is 3.93. The number of nitrogens with two attached hydrogens (primary N) is 1. The van der Waals surface area contributed by atoms with Gasteiger partial charge in [0.15, 0.2) is 0 Å². The van der Waals surface area contributed by atoms with E-state index >= 15 is 0 Å². The number of hydrogen-bond donors (Lipinski definition) is 2. The summed E-state index contributed by atoms with van der Waals surface area (Å²) in [5.41, 5.74) is 6.63. The van der Waals surface area contributed by atoms with Gasteiger partial charge in [-0.15, -0.1) is 12.4 Å². The molecule has 6 heteroatoms. The van der Waals surface area contributed by atoms with Gasteiger partial charge in [-0.05, 0) is 37.0 Å². The van der Waals surface area contributed by atoms with Crippen molar-refractivity contribution in [3.8, 4) is 0 Å². The first-order chi connectivity index (χ1) is 9.47. The van der Waals surface area contributed by atoms with E-state index in [0.29, 0.717) is 25.8 Å². The lowest BCUT2D eigenvalue weighted by Gasteiger charge is -2.32. The highest BCUT2D eigenvalue weighted by Gasteiger charge is 2.32. The lowest BCUT2D eigenvalue weighted by molar-refractivity contribution is -0.137. The second-order valence-corrected chi connectivity index (χ2v) is 5.56. The molecule has 2 rings (SSSR count). The van der Waals surface area contributed by atoms with Crippen molar-refractivity contribution in [3.05, 3.63) is 35.6 Å². The molecule has 1 aliphatic carbocycles. The van der Waals surface area contributed by atoms with Crippen LogP contribution >= 0.6 is 12.4 Å². The summed E-state index contributed by atoms with van der Waals surface area (Å²) in [7, 11) is 1.73. The van der Waals surface area contributed by atoms with Crippen LogP contribution in [0, 0.1) is 11.7 Å². The van der Waals surface area contributed by atoms with Crippen molar-refractivity contribution < 1.29 is 14.3 Å². The van der Waals surface area contributed by atoms with Crippen molar-refractivity contribution in [2.75, 3.05) is 7.05 Å². The highest BCUT2D eigenvalue weighted by molar-refractivity contribution is 5.85. The highest BCUT2D eigenvalue weighted by atomic mass is 35.5. The van der Waals surface area contributed by atoms with E-state index in [1.807, 2.05) is 0 Å². The van der Waals surface area contributed by atoms with Gasteiger partial charge in [0, 0.05) is 25.6 Å². The molecule has 1 amide bonds. The number of nitrogens with zero attached hydrogens (tertiary/aromatic N) is 1. The predicted molar refractivity (Wildman–Crippen MR) is 81.4 cm³/mol. The molecule has 1 aromatic rings. The summed E-state index contributed by atoms with van der Waals surface area (Å²) in [6.45, 7) is 0.442. The van der Waals surface area contributed by atoms with Crippen LogP contribution in [0.15, 0.2) is 24.3 Å². The number of carbonyl (C=O) groups is 1. The molecule has 0 spiro atoms. The molecule has 0 bridgehead atoms. The van der Waals surface area contributed by atoms with Crippen molar-refractivity contribution in [1.29, 1.82) is 0 Å². The smallest absolute Gasteiger partial charge is 0.225 e. The lowest BCUT2D eigenvalue weighted by atomic mass is 9.83. The molecule has 1 saturated carbocycles. The quantitative estimate of drug-likeness (QED) is 0.892. The van der Waals surface area contributed by atoms with Crippen molar-refractivity contribution >= 4 is 18.3 Å². The van der Waals surface area contributed by atoms with Crippen LogP contribution in [0.2, 0.25) is 0 Å². The minimum Gasteiger partial charge on any atom is -0.391 e. The van der Waals surface area contributed by atoms with E-state index in [2.05, 4.69) is 0 Å². The highest BCUT2D eigenvalue weighted by Crippen LogP contribution is 2.25. The number of hydrogen-bond acceptors (Lipinski definition) is 3. The van der Waals surface area contributed by atoms with E-state index in [4.69, 9.17) is 5.73 Å². The van der Waals surface area contributed by atoms with E-state index < -0.39 is 6.10 Å². The summed E-state index contributed by atoms with van der Waals surface area (Å²) in [6.07, 6.45) is 1.21. The zero-order valence-corrected chi connectivity index (χ0v) is 12.9. The van der Waals surface area contributed by atoms with E-state index in [1.54, 1.807) is 24.1 Å². The van der Waals surface area contributed by atoms with Crippen molar-refractivity contribution in [3.63, 3.8) is 0 Å². The molecule has 0 heterocycles. The SMILES string of the molecule is CN(Cc1ccc(F)cc1)C(=O)[C@H]1CC[C@H](N)[C@@H](O)C1.Cl. The summed E-state index contributed by atoms with van der Waals surface area (Å²) >= 11 is 0. The van der Waals surface area contributed by atoms with Gasteiger partial charge in [-0.25, -0.2) is 4.39 Å². The molecule has 3 atom stereocenters. The second kappa shape index (κ2) is 7.73. The van der Waals surface area contributed by atoms with Crippen molar-refractivity contribution in [2.24, 2.45) is 11.7 Å². The minimum atomic E-state index is -0.600. The van der Waals surface area contributed by atoms with Gasteiger partial charge < -0.3 is 15.7 Å². The Morgan fingerprint density at radius 1 is 1.38 bits per heavy atom. The van der Waals surface area contributed by atoms with Crippen LogP contribution in [0.5, 0.6) is 0 Å². The van der Waals surface area contributed by atoms with E-state index in [-0.39, 0.29) is 36.1 Å². The molecule has 21 heavy (non-hydrogen) atoms. The third-order valence-electron chi connectivity index (χ3n) is 3.93. The molecule has 1 fully saturated rings. The summed E-state index contributed by atoms with van der Waals surface area (Å²) in [4.78, 5) is 13.9. The molecule has 0 aromatic heterocycles. The van der Waals surface area contributed by atoms with Crippen molar-refractivity contribution in [1.82, 2.24) is 4.90 Å². The van der Waals surface area contributed by atoms with Crippen LogP contribution in [0.25, 0.3) is 0 Å². The summed E-state index contributed by atoms with van der Waals surface area (Å²) in [6, 6.07) is 5.89. The Balaban J connectivity index is 0.00000220. The number of rotatable bonds is 3. The maximum Gasteiger partial charge on any atom is 0.225 e. The van der Waals surface area contributed by atoms with E-state index in [9.17, 15) is 14.3 Å². The van der Waals surface area contributed by atoms with Gasteiger partial charge >= 0.3 is 0 Å². The van der Waals surface area contributed by atoms with Crippen LogP contribution < -0.4 is 5.73 Å². The molecule has 0 saturated heterocycles. The molecule has 118 valence electrons. The molecule has 4 nitrogen and oxygen atoms in total. The zero-order chi connectivity index (χ0) is 14.7. The average molecular weight is 317 g/mol. The summed E-state index contributed by atoms with van der Waals surface area (Å²) in [5, 5.41) is 9.76. The topological polar surface area (TPSA) is 66.6 Å². The fraction of sp³-hybridized carbons (Fsp3) is 0.533.